The molecule has 5 rings (SSSR count). The van der Waals surface area contributed by atoms with Crippen molar-refractivity contribution >= 4 is 27.5 Å². The summed E-state index contributed by atoms with van der Waals surface area (Å²) in [4.78, 5) is 31.0. The minimum Gasteiger partial charge on any atom is -0.367 e. The van der Waals surface area contributed by atoms with Gasteiger partial charge in [0.2, 0.25) is 21.8 Å². The number of likely N-dealkylation sites (N-methyl/N-ethyl adjacent to an activating group) is 1. The number of sulfonamides is 1. The van der Waals surface area contributed by atoms with Crippen LogP contribution in [0.1, 0.15) is 54.6 Å². The van der Waals surface area contributed by atoms with Gasteiger partial charge in [-0.15, -0.1) is 0 Å². The first-order chi connectivity index (χ1) is 19.2. The SMILES string of the molecule is CN(CC(=O)N1CCCCC1c1noc(COCc2ccc(F)cc2)n1)S(=O)(=O)c1ccc2c(c1)CCC(=O)N2. The molecule has 2 aliphatic rings. The summed E-state index contributed by atoms with van der Waals surface area (Å²) < 4.78 is 51.6. The van der Waals surface area contributed by atoms with E-state index in [9.17, 15) is 22.4 Å². The van der Waals surface area contributed by atoms with E-state index in [4.69, 9.17) is 9.26 Å². The maximum Gasteiger partial charge on any atom is 0.252 e. The zero-order valence-electron chi connectivity index (χ0n) is 22.0. The van der Waals surface area contributed by atoms with E-state index in [0.717, 1.165) is 28.3 Å². The summed E-state index contributed by atoms with van der Waals surface area (Å²) in [6.07, 6.45) is 3.00. The number of rotatable bonds is 9. The third-order valence-corrected chi connectivity index (χ3v) is 8.85. The summed E-state index contributed by atoms with van der Waals surface area (Å²) in [5.41, 5.74) is 2.14. The number of piperidine rings is 1. The second-order valence-corrected chi connectivity index (χ2v) is 11.9. The van der Waals surface area contributed by atoms with Crippen LogP contribution in [0.25, 0.3) is 0 Å². The molecule has 13 heteroatoms. The van der Waals surface area contributed by atoms with Crippen LogP contribution in [0.4, 0.5) is 10.1 Å². The van der Waals surface area contributed by atoms with Gasteiger partial charge < -0.3 is 19.5 Å². The molecule has 3 heterocycles. The van der Waals surface area contributed by atoms with Crippen molar-refractivity contribution in [3.63, 3.8) is 0 Å². The van der Waals surface area contributed by atoms with Gasteiger partial charge in [-0.25, -0.2) is 12.8 Å². The standard InChI is InChI=1S/C27H30FN5O6S/c1-32(40(36,37)21-10-11-22-19(14-21)7-12-24(34)29-22)15-26(35)33-13-3-2-4-23(33)27-30-25(39-31-27)17-38-16-18-5-8-20(28)9-6-18/h5-6,8-11,14,23H,2-4,7,12-13,15-17H2,1H3,(H,29,34). The van der Waals surface area contributed by atoms with Gasteiger partial charge in [-0.1, -0.05) is 17.3 Å². The number of nitrogens with zero attached hydrogens (tertiary/aromatic N) is 4. The number of nitrogens with one attached hydrogen (secondary N) is 1. The highest BCUT2D eigenvalue weighted by Gasteiger charge is 2.34. The molecule has 40 heavy (non-hydrogen) atoms. The highest BCUT2D eigenvalue weighted by atomic mass is 32.2. The van der Waals surface area contributed by atoms with E-state index in [0.29, 0.717) is 37.3 Å². The molecule has 2 amide bonds. The van der Waals surface area contributed by atoms with E-state index in [1.165, 1.54) is 25.2 Å². The number of aryl methyl sites for hydroxylation is 1. The van der Waals surface area contributed by atoms with E-state index < -0.39 is 16.1 Å². The van der Waals surface area contributed by atoms with Gasteiger partial charge in [-0.3, -0.25) is 9.59 Å². The number of hydrogen-bond acceptors (Lipinski definition) is 8. The van der Waals surface area contributed by atoms with E-state index in [1.54, 1.807) is 29.2 Å². The Bertz CT molecular complexity index is 1490. The lowest BCUT2D eigenvalue weighted by molar-refractivity contribution is -0.135. The Hall–Kier alpha value is -3.68. The molecule has 0 radical (unpaired) electrons. The van der Waals surface area contributed by atoms with Crippen molar-refractivity contribution in [2.75, 3.05) is 25.5 Å². The van der Waals surface area contributed by atoms with E-state index in [2.05, 4.69) is 15.5 Å². The second kappa shape index (κ2) is 11.8. The van der Waals surface area contributed by atoms with Gasteiger partial charge >= 0.3 is 0 Å². The topological polar surface area (TPSA) is 135 Å². The van der Waals surface area contributed by atoms with Gasteiger partial charge in [-0.05, 0) is 67.1 Å². The molecule has 1 atom stereocenters. The molecule has 11 nitrogen and oxygen atoms in total. The molecule has 0 aliphatic carbocycles. The van der Waals surface area contributed by atoms with Gasteiger partial charge in [-0.2, -0.15) is 9.29 Å². The third-order valence-electron chi connectivity index (χ3n) is 7.05. The number of likely N-dealkylation sites (tertiary alicyclic amines) is 1. The molecule has 2 aliphatic heterocycles. The van der Waals surface area contributed by atoms with Crippen LogP contribution in [-0.2, 0) is 44.0 Å². The van der Waals surface area contributed by atoms with Crippen molar-refractivity contribution in [3.05, 3.63) is 71.1 Å². The summed E-state index contributed by atoms with van der Waals surface area (Å²) >= 11 is 0. The van der Waals surface area contributed by atoms with Crippen molar-refractivity contribution in [1.82, 2.24) is 19.3 Å². The van der Waals surface area contributed by atoms with Crippen molar-refractivity contribution in [3.8, 4) is 0 Å². The zero-order valence-corrected chi connectivity index (χ0v) is 22.8. The minimum atomic E-state index is -3.95. The molecule has 0 bridgehead atoms. The fourth-order valence-electron chi connectivity index (χ4n) is 4.86. The molecule has 1 N–H and O–H groups in total. The van der Waals surface area contributed by atoms with Crippen molar-refractivity contribution in [2.24, 2.45) is 0 Å². The summed E-state index contributed by atoms with van der Waals surface area (Å²) in [7, 11) is -2.57. The molecule has 0 spiro atoms. The largest absolute Gasteiger partial charge is 0.367 e. The quantitative estimate of drug-likeness (QED) is 0.414. The van der Waals surface area contributed by atoms with Gasteiger partial charge in [0, 0.05) is 25.7 Å². The Kier molecular flexibility index (Phi) is 8.24. The number of carbonyl (C=O) groups excluding carboxylic acids is 2. The Morgan fingerprint density at radius 2 is 1.98 bits per heavy atom. The molecule has 1 aromatic heterocycles. The maximum absolute atomic E-state index is 13.3. The number of fused-ring (bicyclic) bond motifs is 1. The van der Waals surface area contributed by atoms with Crippen LogP contribution in [0.3, 0.4) is 0 Å². The Morgan fingerprint density at radius 3 is 2.77 bits per heavy atom. The number of amides is 2. The van der Waals surface area contributed by atoms with E-state index in [-0.39, 0.29) is 48.2 Å². The minimum absolute atomic E-state index is 0.0521. The predicted octanol–water partition coefficient (Wildman–Crippen LogP) is 3.18. The molecular weight excluding hydrogens is 541 g/mol. The van der Waals surface area contributed by atoms with Crippen LogP contribution < -0.4 is 5.32 Å². The second-order valence-electron chi connectivity index (χ2n) is 9.89. The van der Waals surface area contributed by atoms with Gasteiger partial charge in [0.05, 0.1) is 24.1 Å². The molecular formula is C27H30FN5O6S. The van der Waals surface area contributed by atoms with Crippen molar-refractivity contribution < 1.29 is 31.7 Å². The Labute approximate surface area is 231 Å². The number of anilines is 1. The first-order valence-corrected chi connectivity index (χ1v) is 14.5. The molecule has 2 aromatic carbocycles. The number of hydrogen-bond donors (Lipinski definition) is 1. The lowest BCUT2D eigenvalue weighted by Crippen LogP contribution is -2.45. The lowest BCUT2D eigenvalue weighted by Gasteiger charge is -2.34. The third kappa shape index (κ3) is 6.21. The molecule has 212 valence electrons. The molecule has 1 fully saturated rings. The predicted molar refractivity (Wildman–Crippen MR) is 141 cm³/mol. The monoisotopic (exact) mass is 571 g/mol. The summed E-state index contributed by atoms with van der Waals surface area (Å²) in [5.74, 6) is -0.197. The van der Waals surface area contributed by atoms with Crippen molar-refractivity contribution in [2.45, 2.75) is 56.3 Å². The highest BCUT2D eigenvalue weighted by molar-refractivity contribution is 7.89. The number of benzene rings is 2. The van der Waals surface area contributed by atoms with Crippen LogP contribution in [0.2, 0.25) is 0 Å². The molecule has 1 unspecified atom stereocenters. The number of ether oxygens (including phenoxy) is 1. The fourth-order valence-corrected chi connectivity index (χ4v) is 6.04. The van der Waals surface area contributed by atoms with Crippen LogP contribution in [-0.4, -0.2) is 59.7 Å². The van der Waals surface area contributed by atoms with E-state index in [1.807, 2.05) is 0 Å². The summed E-state index contributed by atoms with van der Waals surface area (Å²) in [6, 6.07) is 10.1. The lowest BCUT2D eigenvalue weighted by atomic mass is 10.0. The van der Waals surface area contributed by atoms with Crippen LogP contribution in [0, 0.1) is 5.82 Å². The average Bonchev–Trinajstić information content (AvgIpc) is 3.42. The zero-order chi connectivity index (χ0) is 28.3. The molecule has 1 saturated heterocycles. The average molecular weight is 572 g/mol. The number of halogens is 1. The molecule has 3 aromatic rings. The van der Waals surface area contributed by atoms with E-state index >= 15 is 0 Å². The normalized spacial score (nSPS) is 17.5. The Morgan fingerprint density at radius 1 is 1.18 bits per heavy atom. The maximum atomic E-state index is 13.3. The van der Waals surface area contributed by atoms with Crippen LogP contribution >= 0.6 is 0 Å². The summed E-state index contributed by atoms with van der Waals surface area (Å²) in [5, 5.41) is 6.80. The number of carbonyl (C=O) groups is 2. The number of aromatic nitrogens is 2. The Balaban J connectivity index is 1.22. The van der Waals surface area contributed by atoms with Gasteiger partial charge in [0.1, 0.15) is 12.4 Å². The van der Waals surface area contributed by atoms with Crippen molar-refractivity contribution in [1.29, 1.82) is 0 Å². The van der Waals surface area contributed by atoms with Gasteiger partial charge in [0.15, 0.2) is 5.82 Å². The first kappa shape index (κ1) is 27.9. The van der Waals surface area contributed by atoms with Crippen LogP contribution in [0.5, 0.6) is 0 Å². The fraction of sp³-hybridized carbons (Fsp3) is 0.407. The molecule has 0 saturated carbocycles. The smallest absolute Gasteiger partial charge is 0.252 e. The first-order valence-electron chi connectivity index (χ1n) is 13.0. The highest BCUT2D eigenvalue weighted by Crippen LogP contribution is 2.30. The van der Waals surface area contributed by atoms with Crippen LogP contribution in [0.15, 0.2) is 51.9 Å². The summed E-state index contributed by atoms with van der Waals surface area (Å²) in [6.45, 7) is 0.390. The van der Waals surface area contributed by atoms with Gasteiger partial charge in [0.25, 0.3) is 5.89 Å².